The molecule has 8 nitrogen and oxygen atoms in total. The molecule has 2 aromatic carbocycles. The summed E-state index contributed by atoms with van der Waals surface area (Å²) in [6, 6.07) is 21.3. The number of nitrogens with zero attached hydrogens (tertiary/aromatic N) is 5. The molecule has 0 radical (unpaired) electrons. The molecule has 2 aromatic heterocycles. The minimum absolute atomic E-state index is 0.0957. The van der Waals surface area contributed by atoms with Gasteiger partial charge < -0.3 is 14.8 Å². The van der Waals surface area contributed by atoms with E-state index in [-0.39, 0.29) is 18.4 Å². The quantitative estimate of drug-likeness (QED) is 0.350. The van der Waals surface area contributed by atoms with E-state index in [0.717, 1.165) is 34.1 Å². The van der Waals surface area contributed by atoms with Gasteiger partial charge in [-0.2, -0.15) is 0 Å². The number of rotatable bonds is 9. The first kappa shape index (κ1) is 23.7. The first-order valence-corrected chi connectivity index (χ1v) is 12.8. The van der Waals surface area contributed by atoms with Crippen LogP contribution in [0.2, 0.25) is 0 Å². The van der Waals surface area contributed by atoms with Crippen LogP contribution in [0.5, 0.6) is 0 Å². The normalized spacial score (nSPS) is 13.2. The van der Waals surface area contributed by atoms with Crippen LogP contribution in [-0.2, 0) is 23.6 Å². The minimum Gasteiger partial charge on any atom is -0.345 e. The molecule has 1 fully saturated rings. The van der Waals surface area contributed by atoms with Crippen LogP contribution < -0.4 is 10.2 Å². The number of hydrogen-bond acceptors (Lipinski definition) is 6. The largest absolute Gasteiger partial charge is 0.345 e. The summed E-state index contributed by atoms with van der Waals surface area (Å²) in [7, 11) is 0. The van der Waals surface area contributed by atoms with Crippen LogP contribution in [0.3, 0.4) is 0 Å². The Labute approximate surface area is 213 Å². The number of carbonyl (C=O) groups excluding carboxylic acids is 2. The lowest BCUT2D eigenvalue weighted by molar-refractivity contribution is -0.117. The number of thioether (sulfide) groups is 1. The predicted molar refractivity (Wildman–Crippen MR) is 139 cm³/mol. The van der Waals surface area contributed by atoms with E-state index < -0.39 is 0 Å². The van der Waals surface area contributed by atoms with Gasteiger partial charge in [0.05, 0.1) is 13.1 Å². The van der Waals surface area contributed by atoms with Gasteiger partial charge >= 0.3 is 0 Å². The smallest absolute Gasteiger partial charge is 0.251 e. The third-order valence-corrected chi connectivity index (χ3v) is 7.03. The zero-order valence-corrected chi connectivity index (χ0v) is 20.5. The number of anilines is 1. The molecule has 36 heavy (non-hydrogen) atoms. The van der Waals surface area contributed by atoms with Gasteiger partial charge in [-0.05, 0) is 47.9 Å². The van der Waals surface area contributed by atoms with Crippen molar-refractivity contribution in [3.8, 4) is 0 Å². The van der Waals surface area contributed by atoms with Gasteiger partial charge in [-0.1, -0.05) is 48.2 Å². The van der Waals surface area contributed by atoms with Crippen molar-refractivity contribution < 1.29 is 9.59 Å². The van der Waals surface area contributed by atoms with Crippen molar-refractivity contribution in [2.24, 2.45) is 0 Å². The molecule has 4 aromatic rings. The monoisotopic (exact) mass is 498 g/mol. The summed E-state index contributed by atoms with van der Waals surface area (Å²) in [5.41, 5.74) is 3.54. The predicted octanol–water partition coefficient (Wildman–Crippen LogP) is 4.07. The molecule has 1 aliphatic heterocycles. The molecule has 1 N–H and O–H groups in total. The Bertz CT molecular complexity index is 1340. The molecule has 0 aliphatic carbocycles. The Kier molecular flexibility index (Phi) is 7.37. The zero-order valence-electron chi connectivity index (χ0n) is 19.7. The summed E-state index contributed by atoms with van der Waals surface area (Å²) in [5.74, 6) is 1.29. The highest BCUT2D eigenvalue weighted by Gasteiger charge is 2.22. The van der Waals surface area contributed by atoms with Gasteiger partial charge in [0.1, 0.15) is 0 Å². The maximum absolute atomic E-state index is 13.0. The first-order valence-electron chi connectivity index (χ1n) is 11.8. The van der Waals surface area contributed by atoms with E-state index in [9.17, 15) is 9.59 Å². The summed E-state index contributed by atoms with van der Waals surface area (Å²) in [5, 5.41) is 12.6. The highest BCUT2D eigenvalue weighted by Crippen LogP contribution is 2.24. The number of benzene rings is 2. The lowest BCUT2D eigenvalue weighted by Crippen LogP contribution is -2.26. The summed E-state index contributed by atoms with van der Waals surface area (Å²) >= 11 is 1.60. The fraction of sp³-hybridized carbons (Fsp3) is 0.222. The molecule has 0 atom stereocenters. The van der Waals surface area contributed by atoms with Crippen molar-refractivity contribution in [1.82, 2.24) is 25.1 Å². The van der Waals surface area contributed by atoms with Crippen LogP contribution in [-0.4, -0.2) is 38.1 Å². The molecular formula is C27H26N6O2S. The number of aromatic nitrogens is 4. The highest BCUT2D eigenvalue weighted by molar-refractivity contribution is 7.98. The van der Waals surface area contributed by atoms with E-state index in [0.29, 0.717) is 30.9 Å². The fourth-order valence-corrected chi connectivity index (χ4v) is 5.02. The lowest BCUT2D eigenvalue weighted by atomic mass is 10.1. The molecule has 1 saturated heterocycles. The van der Waals surface area contributed by atoms with Crippen LogP contribution in [0.25, 0.3) is 0 Å². The standard InChI is InChI=1S/C27H26N6O2S/c34-25-10-5-15-32(25)23-9-4-8-22(16-23)26(35)29-17-24-30-31-27(36-19-21-11-13-28-14-12-21)33(24)18-20-6-2-1-3-7-20/h1-4,6-9,11-14,16H,5,10,15,17-19H2,(H,29,35). The van der Waals surface area contributed by atoms with E-state index in [1.54, 1.807) is 41.2 Å². The topological polar surface area (TPSA) is 93.0 Å². The van der Waals surface area contributed by atoms with E-state index in [1.165, 1.54) is 0 Å². The zero-order chi connectivity index (χ0) is 24.7. The van der Waals surface area contributed by atoms with Crippen molar-refractivity contribution in [3.05, 3.63) is 102 Å². The SMILES string of the molecule is O=C(NCc1nnc(SCc2ccncc2)n1Cc1ccccc1)c1cccc(N2CCCC2=O)c1. The van der Waals surface area contributed by atoms with E-state index in [4.69, 9.17) is 0 Å². The molecule has 9 heteroatoms. The minimum atomic E-state index is -0.219. The van der Waals surface area contributed by atoms with Gasteiger partial charge in [0.25, 0.3) is 5.91 Å². The summed E-state index contributed by atoms with van der Waals surface area (Å²) in [6.07, 6.45) is 4.95. The lowest BCUT2D eigenvalue weighted by Gasteiger charge is -2.16. The average molecular weight is 499 g/mol. The van der Waals surface area contributed by atoms with Gasteiger partial charge in [0.15, 0.2) is 11.0 Å². The van der Waals surface area contributed by atoms with Crippen molar-refractivity contribution >= 4 is 29.3 Å². The number of carbonyl (C=O) groups is 2. The van der Waals surface area contributed by atoms with E-state index in [2.05, 4.69) is 32.6 Å². The van der Waals surface area contributed by atoms with Gasteiger partial charge in [-0.15, -0.1) is 10.2 Å². The summed E-state index contributed by atoms with van der Waals surface area (Å²) < 4.78 is 2.04. The molecule has 3 heterocycles. The number of amides is 2. The Hall–Kier alpha value is -3.98. The number of pyridine rings is 1. The number of hydrogen-bond donors (Lipinski definition) is 1. The van der Waals surface area contributed by atoms with Crippen molar-refractivity contribution in [1.29, 1.82) is 0 Å². The van der Waals surface area contributed by atoms with E-state index in [1.807, 2.05) is 47.0 Å². The molecule has 2 amide bonds. The van der Waals surface area contributed by atoms with Crippen LogP contribution >= 0.6 is 11.8 Å². The first-order chi connectivity index (χ1) is 17.7. The summed E-state index contributed by atoms with van der Waals surface area (Å²) in [4.78, 5) is 30.9. The molecule has 182 valence electrons. The van der Waals surface area contributed by atoms with Crippen LogP contribution in [0.1, 0.15) is 40.2 Å². The highest BCUT2D eigenvalue weighted by atomic mass is 32.2. The molecule has 5 rings (SSSR count). The second-order valence-electron chi connectivity index (χ2n) is 8.50. The third-order valence-electron chi connectivity index (χ3n) is 5.99. The Morgan fingerprint density at radius 2 is 1.81 bits per heavy atom. The Morgan fingerprint density at radius 1 is 0.972 bits per heavy atom. The van der Waals surface area contributed by atoms with Crippen LogP contribution in [0.4, 0.5) is 5.69 Å². The second-order valence-corrected chi connectivity index (χ2v) is 9.44. The van der Waals surface area contributed by atoms with Gasteiger partial charge in [-0.25, -0.2) is 0 Å². The van der Waals surface area contributed by atoms with Gasteiger partial charge in [-0.3, -0.25) is 14.6 Å². The second kappa shape index (κ2) is 11.2. The van der Waals surface area contributed by atoms with Crippen molar-refractivity contribution in [3.63, 3.8) is 0 Å². The maximum atomic E-state index is 13.0. The Balaban J connectivity index is 1.31. The van der Waals surface area contributed by atoms with Crippen LogP contribution in [0, 0.1) is 0 Å². The summed E-state index contributed by atoms with van der Waals surface area (Å²) in [6.45, 7) is 1.53. The molecule has 0 unspecified atom stereocenters. The fourth-order valence-electron chi connectivity index (χ4n) is 4.11. The van der Waals surface area contributed by atoms with Crippen molar-refractivity contribution in [2.45, 2.75) is 36.8 Å². The molecule has 0 saturated carbocycles. The van der Waals surface area contributed by atoms with Crippen molar-refractivity contribution in [2.75, 3.05) is 11.4 Å². The van der Waals surface area contributed by atoms with Gasteiger partial charge in [0, 0.05) is 42.4 Å². The maximum Gasteiger partial charge on any atom is 0.251 e. The molecular weight excluding hydrogens is 472 g/mol. The van der Waals surface area contributed by atoms with E-state index >= 15 is 0 Å². The Morgan fingerprint density at radius 3 is 2.58 bits per heavy atom. The average Bonchev–Trinajstić information content (AvgIpc) is 3.53. The molecule has 1 aliphatic rings. The molecule has 0 bridgehead atoms. The number of nitrogens with one attached hydrogen (secondary N) is 1. The molecule has 0 spiro atoms. The van der Waals surface area contributed by atoms with Crippen LogP contribution in [0.15, 0.2) is 84.3 Å². The van der Waals surface area contributed by atoms with Gasteiger partial charge in [0.2, 0.25) is 5.91 Å². The third kappa shape index (κ3) is 5.63.